The van der Waals surface area contributed by atoms with Crippen molar-refractivity contribution >= 4 is 0 Å². The van der Waals surface area contributed by atoms with Gasteiger partial charge in [0.05, 0.1) is 0 Å². The molecule has 1 aromatic heterocycles. The number of aromatic nitrogens is 1. The average molecular weight is 417 g/mol. The molecule has 1 aromatic rings. The second kappa shape index (κ2) is 20.1. The highest BCUT2D eigenvalue weighted by atomic mass is 14.9. The SMILES string of the molecule is CCCCCCCCCCCCCCCC[n+]1ccc(CCCC)c(CCCC)c1. The third kappa shape index (κ3) is 14.2. The van der Waals surface area contributed by atoms with E-state index in [1.165, 1.54) is 135 Å². The monoisotopic (exact) mass is 416 g/mol. The third-order valence-corrected chi connectivity index (χ3v) is 6.57. The molecule has 0 spiro atoms. The van der Waals surface area contributed by atoms with Crippen molar-refractivity contribution in [3.05, 3.63) is 29.6 Å². The number of pyridine rings is 1. The fourth-order valence-corrected chi connectivity index (χ4v) is 4.45. The predicted molar refractivity (Wildman–Crippen MR) is 134 cm³/mol. The van der Waals surface area contributed by atoms with Gasteiger partial charge in [-0.1, -0.05) is 111 Å². The van der Waals surface area contributed by atoms with E-state index in [1.807, 2.05) is 0 Å². The number of rotatable bonds is 21. The molecular weight excluding hydrogens is 362 g/mol. The normalized spacial score (nSPS) is 11.3. The summed E-state index contributed by atoms with van der Waals surface area (Å²) in [7, 11) is 0. The molecule has 0 unspecified atom stereocenters. The van der Waals surface area contributed by atoms with Crippen LogP contribution in [0, 0.1) is 0 Å². The third-order valence-electron chi connectivity index (χ3n) is 6.57. The van der Waals surface area contributed by atoms with Crippen molar-refractivity contribution in [3.63, 3.8) is 0 Å². The summed E-state index contributed by atoms with van der Waals surface area (Å²) in [5.41, 5.74) is 3.21. The summed E-state index contributed by atoms with van der Waals surface area (Å²) < 4.78 is 2.46. The van der Waals surface area contributed by atoms with Crippen molar-refractivity contribution in [1.29, 1.82) is 0 Å². The molecule has 1 heteroatoms. The minimum Gasteiger partial charge on any atom is -0.205 e. The maximum atomic E-state index is 2.46. The lowest BCUT2D eigenvalue weighted by Crippen LogP contribution is -2.33. The summed E-state index contributed by atoms with van der Waals surface area (Å²) in [5.74, 6) is 0. The highest BCUT2D eigenvalue weighted by Gasteiger charge is 2.09. The van der Waals surface area contributed by atoms with E-state index in [9.17, 15) is 0 Å². The number of unbranched alkanes of at least 4 members (excludes halogenated alkanes) is 15. The van der Waals surface area contributed by atoms with Gasteiger partial charge in [-0.25, -0.2) is 4.57 Å². The Hall–Kier alpha value is -0.850. The molecule has 0 aliphatic rings. The molecule has 1 heterocycles. The fraction of sp³-hybridized carbons (Fsp3) is 0.828. The fourth-order valence-electron chi connectivity index (χ4n) is 4.45. The zero-order valence-corrected chi connectivity index (χ0v) is 21.0. The van der Waals surface area contributed by atoms with Gasteiger partial charge in [0.2, 0.25) is 0 Å². The molecule has 0 aliphatic heterocycles. The van der Waals surface area contributed by atoms with E-state index in [0.29, 0.717) is 0 Å². The summed E-state index contributed by atoms with van der Waals surface area (Å²) in [5, 5.41) is 0. The van der Waals surface area contributed by atoms with Crippen LogP contribution in [0.4, 0.5) is 0 Å². The molecule has 0 amide bonds. The smallest absolute Gasteiger partial charge is 0.172 e. The topological polar surface area (TPSA) is 3.88 Å². The number of aryl methyl sites for hydroxylation is 3. The number of hydrogen-bond donors (Lipinski definition) is 0. The molecular formula is C29H54N+. The molecule has 0 bridgehead atoms. The first-order valence-electron chi connectivity index (χ1n) is 13.8. The molecule has 0 atom stereocenters. The summed E-state index contributed by atoms with van der Waals surface area (Å²) >= 11 is 0. The summed E-state index contributed by atoms with van der Waals surface area (Å²) in [6, 6.07) is 2.41. The van der Waals surface area contributed by atoms with Crippen molar-refractivity contribution in [2.45, 2.75) is 156 Å². The zero-order chi connectivity index (χ0) is 21.7. The van der Waals surface area contributed by atoms with Gasteiger partial charge in [-0.2, -0.15) is 0 Å². The van der Waals surface area contributed by atoms with E-state index >= 15 is 0 Å². The molecule has 0 fully saturated rings. The van der Waals surface area contributed by atoms with Crippen molar-refractivity contribution in [2.24, 2.45) is 0 Å². The maximum absolute atomic E-state index is 2.46. The first-order chi connectivity index (χ1) is 14.8. The minimum atomic E-state index is 1.20. The standard InChI is InChI=1S/C29H54N/c1-4-7-10-11-12-13-14-15-16-17-18-19-20-21-25-30-26-24-28(22-8-5-2)29(27-30)23-9-6-3/h24,26-27H,4-23,25H2,1-3H3/q+1. The van der Waals surface area contributed by atoms with Crippen LogP contribution in [0.25, 0.3) is 0 Å². The van der Waals surface area contributed by atoms with E-state index < -0.39 is 0 Å². The molecule has 1 nitrogen and oxygen atoms in total. The summed E-state index contributed by atoms with van der Waals surface area (Å²) in [6.07, 6.45) is 32.7. The van der Waals surface area contributed by atoms with Gasteiger partial charge in [0, 0.05) is 18.1 Å². The first kappa shape index (κ1) is 27.2. The molecule has 0 saturated carbocycles. The minimum absolute atomic E-state index is 1.20. The van der Waals surface area contributed by atoms with E-state index in [0.717, 1.165) is 0 Å². The highest BCUT2D eigenvalue weighted by molar-refractivity contribution is 5.21. The van der Waals surface area contributed by atoms with Crippen LogP contribution < -0.4 is 4.57 Å². The maximum Gasteiger partial charge on any atom is 0.172 e. The van der Waals surface area contributed by atoms with Crippen LogP contribution in [0.2, 0.25) is 0 Å². The van der Waals surface area contributed by atoms with Gasteiger partial charge in [-0.15, -0.1) is 0 Å². The van der Waals surface area contributed by atoms with Crippen LogP contribution in [0.1, 0.15) is 147 Å². The lowest BCUT2D eigenvalue weighted by atomic mass is 10.00. The molecule has 0 aromatic carbocycles. The molecule has 1 rings (SSSR count). The van der Waals surface area contributed by atoms with Crippen molar-refractivity contribution in [2.75, 3.05) is 0 Å². The molecule has 0 radical (unpaired) electrons. The van der Waals surface area contributed by atoms with Crippen LogP contribution >= 0.6 is 0 Å². The second-order valence-electron chi connectivity index (χ2n) is 9.54. The molecule has 174 valence electrons. The van der Waals surface area contributed by atoms with Gasteiger partial charge in [0.25, 0.3) is 0 Å². The summed E-state index contributed by atoms with van der Waals surface area (Å²) in [4.78, 5) is 0. The van der Waals surface area contributed by atoms with Gasteiger partial charge in [0.1, 0.15) is 6.54 Å². The predicted octanol–water partition coefficient (Wildman–Crippen LogP) is 9.14. The lowest BCUT2D eigenvalue weighted by molar-refractivity contribution is -0.697. The Kier molecular flexibility index (Phi) is 18.2. The van der Waals surface area contributed by atoms with E-state index in [2.05, 4.69) is 43.8 Å². The van der Waals surface area contributed by atoms with Crippen molar-refractivity contribution in [1.82, 2.24) is 0 Å². The van der Waals surface area contributed by atoms with E-state index in [-0.39, 0.29) is 0 Å². The quantitative estimate of drug-likeness (QED) is 0.139. The van der Waals surface area contributed by atoms with Gasteiger partial charge in [-0.3, -0.25) is 0 Å². The Morgan fingerprint density at radius 1 is 0.500 bits per heavy atom. The molecule has 0 N–H and O–H groups in total. The molecule has 0 aliphatic carbocycles. The summed E-state index contributed by atoms with van der Waals surface area (Å²) in [6.45, 7) is 8.10. The second-order valence-corrected chi connectivity index (χ2v) is 9.54. The van der Waals surface area contributed by atoms with Crippen LogP contribution in [-0.4, -0.2) is 0 Å². The van der Waals surface area contributed by atoms with Gasteiger partial charge >= 0.3 is 0 Å². The van der Waals surface area contributed by atoms with Crippen LogP contribution in [-0.2, 0) is 19.4 Å². The van der Waals surface area contributed by atoms with Crippen LogP contribution in [0.15, 0.2) is 18.5 Å². The molecule has 0 saturated heterocycles. The van der Waals surface area contributed by atoms with Crippen LogP contribution in [0.3, 0.4) is 0 Å². The van der Waals surface area contributed by atoms with Gasteiger partial charge in [-0.05, 0) is 37.7 Å². The Morgan fingerprint density at radius 3 is 1.43 bits per heavy atom. The van der Waals surface area contributed by atoms with Gasteiger partial charge < -0.3 is 0 Å². The number of hydrogen-bond acceptors (Lipinski definition) is 0. The Morgan fingerprint density at radius 2 is 0.933 bits per heavy atom. The van der Waals surface area contributed by atoms with Crippen LogP contribution in [0.5, 0.6) is 0 Å². The van der Waals surface area contributed by atoms with E-state index in [4.69, 9.17) is 0 Å². The van der Waals surface area contributed by atoms with E-state index in [1.54, 1.807) is 11.1 Å². The Balaban J connectivity index is 2.07. The zero-order valence-electron chi connectivity index (χ0n) is 21.0. The lowest BCUT2D eigenvalue weighted by Gasteiger charge is -2.08. The largest absolute Gasteiger partial charge is 0.205 e. The van der Waals surface area contributed by atoms with Crippen molar-refractivity contribution < 1.29 is 4.57 Å². The van der Waals surface area contributed by atoms with Gasteiger partial charge in [0.15, 0.2) is 12.4 Å². The Bertz CT molecular complexity index is 493. The Labute approximate surface area is 190 Å². The first-order valence-corrected chi connectivity index (χ1v) is 13.8. The van der Waals surface area contributed by atoms with Crippen molar-refractivity contribution in [3.8, 4) is 0 Å². The number of nitrogens with zero attached hydrogens (tertiary/aromatic N) is 1. The average Bonchev–Trinajstić information content (AvgIpc) is 2.77. The molecule has 30 heavy (non-hydrogen) atoms. The highest BCUT2D eigenvalue weighted by Crippen LogP contribution is 2.15.